The van der Waals surface area contributed by atoms with Crippen molar-refractivity contribution in [1.29, 1.82) is 0 Å². The summed E-state index contributed by atoms with van der Waals surface area (Å²) in [6, 6.07) is 3.49. The molecule has 1 heterocycles. The maximum absolute atomic E-state index is 10.6. The van der Waals surface area contributed by atoms with Crippen molar-refractivity contribution in [2.75, 3.05) is 0 Å². The Morgan fingerprint density at radius 3 is 2.73 bits per heavy atom. The second-order valence-corrected chi connectivity index (χ2v) is 2.27. The molecule has 2 N–H and O–H groups in total. The van der Waals surface area contributed by atoms with Crippen LogP contribution in [0.1, 0.15) is 23.0 Å². The minimum Gasteiger partial charge on any atom is -0.364 e. The van der Waals surface area contributed by atoms with Crippen molar-refractivity contribution in [1.82, 2.24) is 4.98 Å². The van der Waals surface area contributed by atoms with Gasteiger partial charge in [-0.05, 0) is 18.1 Å². The minimum absolute atomic E-state index is 0.321. The third kappa shape index (κ3) is 1.77. The first kappa shape index (κ1) is 7.72. The number of hydrogen-bond donors (Lipinski definition) is 1. The summed E-state index contributed by atoms with van der Waals surface area (Å²) in [5.74, 6) is -0.479. The Bertz CT molecular complexity index is 253. The summed E-state index contributed by atoms with van der Waals surface area (Å²) < 4.78 is 0. The molecule has 1 aromatic rings. The molecule has 0 aliphatic heterocycles. The normalized spacial score (nSPS) is 9.55. The number of nitrogens with two attached hydrogens (primary N) is 1. The fraction of sp³-hybridized carbons (Fsp3) is 0.250. The number of carbonyl (C=O) groups is 1. The molecule has 0 aliphatic rings. The van der Waals surface area contributed by atoms with Crippen molar-refractivity contribution in [2.45, 2.75) is 13.3 Å². The SMILES string of the molecule is CCc1ccc(C(N)=O)nc1. The van der Waals surface area contributed by atoms with E-state index in [1.807, 2.05) is 13.0 Å². The van der Waals surface area contributed by atoms with Crippen LogP contribution in [0.2, 0.25) is 0 Å². The van der Waals surface area contributed by atoms with E-state index in [9.17, 15) is 4.79 Å². The van der Waals surface area contributed by atoms with E-state index in [4.69, 9.17) is 5.73 Å². The number of nitrogens with zero attached hydrogens (tertiary/aromatic N) is 1. The van der Waals surface area contributed by atoms with Gasteiger partial charge in [-0.25, -0.2) is 0 Å². The zero-order valence-corrected chi connectivity index (χ0v) is 6.37. The van der Waals surface area contributed by atoms with Crippen LogP contribution in [0.4, 0.5) is 0 Å². The van der Waals surface area contributed by atoms with Gasteiger partial charge < -0.3 is 5.73 Å². The molecule has 0 bridgehead atoms. The van der Waals surface area contributed by atoms with Crippen LogP contribution >= 0.6 is 0 Å². The van der Waals surface area contributed by atoms with Crippen LogP contribution < -0.4 is 5.73 Å². The van der Waals surface area contributed by atoms with Gasteiger partial charge in [0.25, 0.3) is 5.91 Å². The van der Waals surface area contributed by atoms with Crippen molar-refractivity contribution in [2.24, 2.45) is 5.73 Å². The lowest BCUT2D eigenvalue weighted by Gasteiger charge is -1.95. The van der Waals surface area contributed by atoms with E-state index in [1.54, 1.807) is 12.3 Å². The number of aryl methyl sites for hydroxylation is 1. The number of rotatable bonds is 2. The molecule has 1 amide bonds. The van der Waals surface area contributed by atoms with Crippen LogP contribution in [0.3, 0.4) is 0 Å². The highest BCUT2D eigenvalue weighted by atomic mass is 16.1. The summed E-state index contributed by atoms with van der Waals surface area (Å²) in [7, 11) is 0. The molecule has 3 nitrogen and oxygen atoms in total. The van der Waals surface area contributed by atoms with Gasteiger partial charge in [-0.2, -0.15) is 0 Å². The highest BCUT2D eigenvalue weighted by Gasteiger charge is 1.99. The van der Waals surface area contributed by atoms with E-state index < -0.39 is 5.91 Å². The highest BCUT2D eigenvalue weighted by molar-refractivity contribution is 5.90. The van der Waals surface area contributed by atoms with E-state index in [2.05, 4.69) is 4.98 Å². The van der Waals surface area contributed by atoms with Crippen molar-refractivity contribution < 1.29 is 4.79 Å². The average molecular weight is 150 g/mol. The molecule has 0 saturated heterocycles. The van der Waals surface area contributed by atoms with Gasteiger partial charge >= 0.3 is 0 Å². The van der Waals surface area contributed by atoms with Crippen molar-refractivity contribution in [3.8, 4) is 0 Å². The van der Waals surface area contributed by atoms with Gasteiger partial charge in [0.1, 0.15) is 5.69 Å². The Morgan fingerprint density at radius 2 is 2.36 bits per heavy atom. The number of carbonyl (C=O) groups excluding carboxylic acids is 1. The van der Waals surface area contributed by atoms with Gasteiger partial charge in [-0.1, -0.05) is 13.0 Å². The second-order valence-electron chi connectivity index (χ2n) is 2.27. The third-order valence-electron chi connectivity index (χ3n) is 1.49. The summed E-state index contributed by atoms with van der Waals surface area (Å²) >= 11 is 0. The van der Waals surface area contributed by atoms with Crippen molar-refractivity contribution >= 4 is 5.91 Å². The minimum atomic E-state index is -0.479. The first-order valence-electron chi connectivity index (χ1n) is 3.48. The smallest absolute Gasteiger partial charge is 0.267 e. The molecule has 3 heteroatoms. The molecule has 1 aromatic heterocycles. The molecular weight excluding hydrogens is 140 g/mol. The standard InChI is InChI=1S/C8H10N2O/c1-2-6-3-4-7(8(9)11)10-5-6/h3-5H,2H2,1H3,(H2,9,11). The van der Waals surface area contributed by atoms with Crippen LogP contribution in [-0.2, 0) is 6.42 Å². The largest absolute Gasteiger partial charge is 0.364 e. The van der Waals surface area contributed by atoms with Crippen molar-refractivity contribution in [3.05, 3.63) is 29.6 Å². The molecule has 1 rings (SSSR count). The number of hydrogen-bond acceptors (Lipinski definition) is 2. The zero-order chi connectivity index (χ0) is 8.27. The Morgan fingerprint density at radius 1 is 1.64 bits per heavy atom. The summed E-state index contributed by atoms with van der Waals surface area (Å²) in [4.78, 5) is 14.4. The summed E-state index contributed by atoms with van der Waals surface area (Å²) in [6.45, 7) is 2.03. The first-order chi connectivity index (χ1) is 5.24. The molecule has 0 spiro atoms. The van der Waals surface area contributed by atoms with Crippen LogP contribution in [0.15, 0.2) is 18.3 Å². The maximum Gasteiger partial charge on any atom is 0.267 e. The van der Waals surface area contributed by atoms with Gasteiger partial charge in [0, 0.05) is 6.20 Å². The van der Waals surface area contributed by atoms with E-state index in [0.717, 1.165) is 12.0 Å². The molecule has 0 radical (unpaired) electrons. The molecule has 11 heavy (non-hydrogen) atoms. The maximum atomic E-state index is 10.6. The van der Waals surface area contributed by atoms with Gasteiger partial charge in [-0.15, -0.1) is 0 Å². The van der Waals surface area contributed by atoms with E-state index in [-0.39, 0.29) is 0 Å². The topological polar surface area (TPSA) is 56.0 Å². The van der Waals surface area contributed by atoms with Crippen LogP contribution in [0.5, 0.6) is 0 Å². The summed E-state index contributed by atoms with van der Waals surface area (Å²) in [6.07, 6.45) is 2.59. The van der Waals surface area contributed by atoms with Crippen LogP contribution in [0.25, 0.3) is 0 Å². The average Bonchev–Trinajstić information content (AvgIpc) is 2.05. The molecule has 0 aromatic carbocycles. The third-order valence-corrected chi connectivity index (χ3v) is 1.49. The Labute approximate surface area is 65.2 Å². The quantitative estimate of drug-likeness (QED) is 0.676. The Kier molecular flexibility index (Phi) is 2.21. The lowest BCUT2D eigenvalue weighted by molar-refractivity contribution is 0.0995. The lowest BCUT2D eigenvalue weighted by Crippen LogP contribution is -2.12. The van der Waals surface area contributed by atoms with Gasteiger partial charge in [-0.3, -0.25) is 9.78 Å². The predicted octanol–water partition coefficient (Wildman–Crippen LogP) is 0.743. The number of aromatic nitrogens is 1. The van der Waals surface area contributed by atoms with Gasteiger partial charge in [0.15, 0.2) is 0 Å². The zero-order valence-electron chi connectivity index (χ0n) is 6.37. The van der Waals surface area contributed by atoms with Crippen LogP contribution in [0, 0.1) is 0 Å². The summed E-state index contributed by atoms with van der Waals surface area (Å²) in [5, 5.41) is 0. The number of amides is 1. The Balaban J connectivity index is 2.91. The van der Waals surface area contributed by atoms with E-state index >= 15 is 0 Å². The van der Waals surface area contributed by atoms with Crippen LogP contribution in [-0.4, -0.2) is 10.9 Å². The number of pyridine rings is 1. The monoisotopic (exact) mass is 150 g/mol. The van der Waals surface area contributed by atoms with E-state index in [0.29, 0.717) is 5.69 Å². The molecule has 0 unspecified atom stereocenters. The molecule has 58 valence electrons. The molecule has 0 aliphatic carbocycles. The van der Waals surface area contributed by atoms with Crippen molar-refractivity contribution in [3.63, 3.8) is 0 Å². The Hall–Kier alpha value is -1.38. The molecule has 0 fully saturated rings. The molecular formula is C8H10N2O. The predicted molar refractivity (Wildman–Crippen MR) is 42.1 cm³/mol. The number of primary amides is 1. The van der Waals surface area contributed by atoms with E-state index in [1.165, 1.54) is 0 Å². The fourth-order valence-corrected chi connectivity index (χ4v) is 0.779. The second kappa shape index (κ2) is 3.14. The van der Waals surface area contributed by atoms with Gasteiger partial charge in [0.2, 0.25) is 0 Å². The van der Waals surface area contributed by atoms with Gasteiger partial charge in [0.05, 0.1) is 0 Å². The first-order valence-corrected chi connectivity index (χ1v) is 3.48. The molecule has 0 saturated carbocycles. The lowest BCUT2D eigenvalue weighted by atomic mass is 10.2. The summed E-state index contributed by atoms with van der Waals surface area (Å²) in [5.41, 5.74) is 6.43. The molecule has 0 atom stereocenters. The fourth-order valence-electron chi connectivity index (χ4n) is 0.779. The highest BCUT2D eigenvalue weighted by Crippen LogP contribution is 1.99.